The molecule has 0 aromatic heterocycles. The zero-order valence-electron chi connectivity index (χ0n) is 32.7. The first-order valence-corrected chi connectivity index (χ1v) is 20.2. The number of hydrogen-bond acceptors (Lipinski definition) is 1. The molecule has 10 aromatic carbocycles. The van der Waals surface area contributed by atoms with Crippen molar-refractivity contribution >= 4 is 49.4 Å². The van der Waals surface area contributed by atoms with Crippen LogP contribution >= 0.6 is 0 Å². The van der Waals surface area contributed by atoms with Crippen LogP contribution in [0, 0.1) is 0 Å². The fraction of sp³-hybridized carbons (Fsp3) is 0.0526. The molecular weight excluding hydrogens is 699 g/mol. The Labute approximate surface area is 340 Å². The molecule has 1 nitrogen and oxygen atoms in total. The van der Waals surface area contributed by atoms with Gasteiger partial charge in [0.05, 0.1) is 0 Å². The van der Waals surface area contributed by atoms with Gasteiger partial charge in [0, 0.05) is 22.5 Å². The largest absolute Gasteiger partial charge is 0.310 e. The first kappa shape index (κ1) is 34.1. The van der Waals surface area contributed by atoms with Crippen molar-refractivity contribution in [2.75, 3.05) is 4.90 Å². The van der Waals surface area contributed by atoms with Gasteiger partial charge in [-0.25, -0.2) is 0 Å². The number of rotatable bonds is 6. The summed E-state index contributed by atoms with van der Waals surface area (Å²) in [4.78, 5) is 2.40. The van der Waals surface area contributed by atoms with E-state index >= 15 is 0 Å². The van der Waals surface area contributed by atoms with Gasteiger partial charge in [0.25, 0.3) is 0 Å². The first-order chi connectivity index (χ1) is 28.5. The van der Waals surface area contributed by atoms with E-state index in [1.165, 1.54) is 88.0 Å². The summed E-state index contributed by atoms with van der Waals surface area (Å²) in [6.45, 7) is 4.76. The zero-order chi connectivity index (χ0) is 38.8. The second-order valence-electron chi connectivity index (χ2n) is 16.2. The SMILES string of the molecule is CC1(C)c2cc(-c3ccc(-c4ccc5ccccc5c4)cc3)ccc2-c2ccc(N(c3ccccc3)c3ccc4cc(-c5ccc6ccccc6c5)ccc4c3)cc21. The van der Waals surface area contributed by atoms with Gasteiger partial charge in [-0.15, -0.1) is 0 Å². The first-order valence-electron chi connectivity index (χ1n) is 20.2. The van der Waals surface area contributed by atoms with Crippen LogP contribution in [-0.2, 0) is 5.41 Å². The number of hydrogen-bond donors (Lipinski definition) is 0. The van der Waals surface area contributed by atoms with Crippen LogP contribution in [0.3, 0.4) is 0 Å². The monoisotopic (exact) mass is 739 g/mol. The molecule has 1 heteroatoms. The Balaban J connectivity index is 0.923. The molecule has 58 heavy (non-hydrogen) atoms. The smallest absolute Gasteiger partial charge is 0.0468 e. The quantitative estimate of drug-likeness (QED) is 0.164. The van der Waals surface area contributed by atoms with Crippen molar-refractivity contribution in [1.29, 1.82) is 0 Å². The second-order valence-corrected chi connectivity index (χ2v) is 16.2. The molecule has 0 fully saturated rings. The van der Waals surface area contributed by atoms with E-state index in [1.807, 2.05) is 0 Å². The van der Waals surface area contributed by atoms with Gasteiger partial charge in [-0.05, 0) is 149 Å². The van der Waals surface area contributed by atoms with E-state index in [2.05, 4.69) is 231 Å². The highest BCUT2D eigenvalue weighted by atomic mass is 15.1. The van der Waals surface area contributed by atoms with Crippen LogP contribution in [0.5, 0.6) is 0 Å². The average Bonchev–Trinajstić information content (AvgIpc) is 3.51. The Morgan fingerprint density at radius 1 is 0.276 bits per heavy atom. The molecule has 0 radical (unpaired) electrons. The highest BCUT2D eigenvalue weighted by molar-refractivity contribution is 5.95. The molecule has 0 saturated heterocycles. The predicted molar refractivity (Wildman–Crippen MR) is 248 cm³/mol. The summed E-state index contributed by atoms with van der Waals surface area (Å²) in [5, 5.41) is 7.51. The Morgan fingerprint density at radius 3 is 1.28 bits per heavy atom. The highest BCUT2D eigenvalue weighted by Gasteiger charge is 2.36. The zero-order valence-corrected chi connectivity index (χ0v) is 32.7. The standard InChI is InChI=1S/C57H41N/c1-57(2)55-36-49(41-18-16-40(17-19-41)44-22-20-38-10-6-8-12-42(38)32-44)27-30-53(55)54-31-29-52(37-56(54)57)58(50-14-4-3-5-15-50)51-28-26-47-34-46(24-25-48(47)35-51)45-23-21-39-11-7-9-13-43(39)33-45/h3-37H,1-2H3. The highest BCUT2D eigenvalue weighted by Crippen LogP contribution is 2.52. The molecule has 0 N–H and O–H groups in total. The predicted octanol–water partition coefficient (Wildman–Crippen LogP) is 15.9. The maximum atomic E-state index is 2.42. The minimum atomic E-state index is -0.174. The average molecular weight is 740 g/mol. The Kier molecular flexibility index (Phi) is 7.91. The van der Waals surface area contributed by atoms with Crippen LogP contribution in [0.25, 0.3) is 76.8 Å². The Hall–Kier alpha value is -7.22. The van der Waals surface area contributed by atoms with E-state index in [4.69, 9.17) is 0 Å². The molecule has 0 amide bonds. The Morgan fingerprint density at radius 2 is 0.655 bits per heavy atom. The third kappa shape index (κ3) is 5.78. The summed E-state index contributed by atoms with van der Waals surface area (Å²) in [5.74, 6) is 0. The van der Waals surface area contributed by atoms with Crippen molar-refractivity contribution in [3.8, 4) is 44.5 Å². The molecule has 1 aliphatic rings. The molecule has 11 rings (SSSR count). The summed E-state index contributed by atoms with van der Waals surface area (Å²) < 4.78 is 0. The topological polar surface area (TPSA) is 3.24 Å². The van der Waals surface area contributed by atoms with E-state index in [0.29, 0.717) is 0 Å². The summed E-state index contributed by atoms with van der Waals surface area (Å²) in [6.07, 6.45) is 0. The number of para-hydroxylation sites is 1. The van der Waals surface area contributed by atoms with E-state index in [1.54, 1.807) is 0 Å². The fourth-order valence-electron chi connectivity index (χ4n) is 9.21. The van der Waals surface area contributed by atoms with Crippen molar-refractivity contribution < 1.29 is 0 Å². The molecule has 0 aliphatic heterocycles. The summed E-state index contributed by atoms with van der Waals surface area (Å²) in [5.41, 5.74) is 16.0. The lowest BCUT2D eigenvalue weighted by atomic mass is 9.81. The van der Waals surface area contributed by atoms with Crippen molar-refractivity contribution in [3.05, 3.63) is 223 Å². The number of benzene rings is 10. The maximum absolute atomic E-state index is 2.42. The van der Waals surface area contributed by atoms with Crippen molar-refractivity contribution in [3.63, 3.8) is 0 Å². The maximum Gasteiger partial charge on any atom is 0.0468 e. The van der Waals surface area contributed by atoms with Crippen LogP contribution in [0.15, 0.2) is 212 Å². The van der Waals surface area contributed by atoms with Gasteiger partial charge in [0.2, 0.25) is 0 Å². The third-order valence-corrected chi connectivity index (χ3v) is 12.4. The van der Waals surface area contributed by atoms with Crippen LogP contribution in [0.4, 0.5) is 17.1 Å². The molecule has 0 unspecified atom stereocenters. The number of anilines is 3. The lowest BCUT2D eigenvalue weighted by molar-refractivity contribution is 0.660. The summed E-state index contributed by atoms with van der Waals surface area (Å²) in [6, 6.07) is 78.2. The van der Waals surface area contributed by atoms with Gasteiger partial charge in [-0.2, -0.15) is 0 Å². The lowest BCUT2D eigenvalue weighted by Crippen LogP contribution is -2.16. The minimum Gasteiger partial charge on any atom is -0.310 e. The van der Waals surface area contributed by atoms with Gasteiger partial charge in [-0.1, -0.05) is 166 Å². The molecule has 10 aromatic rings. The molecule has 0 bridgehead atoms. The molecule has 274 valence electrons. The van der Waals surface area contributed by atoms with Crippen LogP contribution in [0.2, 0.25) is 0 Å². The van der Waals surface area contributed by atoms with Gasteiger partial charge < -0.3 is 4.90 Å². The molecule has 0 saturated carbocycles. The normalized spacial score (nSPS) is 12.8. The lowest BCUT2D eigenvalue weighted by Gasteiger charge is -2.28. The summed E-state index contributed by atoms with van der Waals surface area (Å²) in [7, 11) is 0. The molecule has 0 spiro atoms. The molecule has 0 atom stereocenters. The van der Waals surface area contributed by atoms with E-state index in [-0.39, 0.29) is 5.41 Å². The number of nitrogens with zero attached hydrogens (tertiary/aromatic N) is 1. The minimum absolute atomic E-state index is 0.174. The fourth-order valence-corrected chi connectivity index (χ4v) is 9.21. The van der Waals surface area contributed by atoms with Gasteiger partial charge in [-0.3, -0.25) is 0 Å². The van der Waals surface area contributed by atoms with E-state index < -0.39 is 0 Å². The van der Waals surface area contributed by atoms with Crippen LogP contribution in [-0.4, -0.2) is 0 Å². The summed E-state index contributed by atoms with van der Waals surface area (Å²) >= 11 is 0. The van der Waals surface area contributed by atoms with E-state index in [0.717, 1.165) is 17.1 Å². The Bertz CT molecular complexity index is 3190. The molecular formula is C57H41N. The van der Waals surface area contributed by atoms with E-state index in [9.17, 15) is 0 Å². The van der Waals surface area contributed by atoms with Gasteiger partial charge in [0.1, 0.15) is 0 Å². The molecule has 1 aliphatic carbocycles. The molecule has 0 heterocycles. The third-order valence-electron chi connectivity index (χ3n) is 12.4. The van der Waals surface area contributed by atoms with Crippen molar-refractivity contribution in [1.82, 2.24) is 0 Å². The number of fused-ring (bicyclic) bond motifs is 6. The second kappa shape index (κ2) is 13.5. The van der Waals surface area contributed by atoms with Crippen LogP contribution < -0.4 is 4.90 Å². The van der Waals surface area contributed by atoms with Crippen molar-refractivity contribution in [2.24, 2.45) is 0 Å². The van der Waals surface area contributed by atoms with Crippen molar-refractivity contribution in [2.45, 2.75) is 19.3 Å². The van der Waals surface area contributed by atoms with Gasteiger partial charge in [0.15, 0.2) is 0 Å². The van der Waals surface area contributed by atoms with Crippen LogP contribution in [0.1, 0.15) is 25.0 Å². The van der Waals surface area contributed by atoms with Gasteiger partial charge >= 0.3 is 0 Å².